The maximum absolute atomic E-state index is 12.1. The first kappa shape index (κ1) is 21.2. The molecule has 3 aromatic rings. The minimum Gasteiger partial charge on any atom is -0.382 e. The smallest absolute Gasteiger partial charge is 0.246 e. The van der Waals surface area contributed by atoms with Gasteiger partial charge in [0.05, 0.1) is 25.6 Å². The number of likely N-dealkylation sites (tertiary alicyclic amines) is 1. The van der Waals surface area contributed by atoms with Gasteiger partial charge in [0, 0.05) is 37.6 Å². The van der Waals surface area contributed by atoms with Crippen molar-refractivity contribution in [2.24, 2.45) is 0 Å². The lowest BCUT2D eigenvalue weighted by molar-refractivity contribution is -0.127. The molecule has 10 nitrogen and oxygen atoms in total. The van der Waals surface area contributed by atoms with Crippen LogP contribution in [0.2, 0.25) is 0 Å². The number of ether oxygens (including phenoxy) is 1. The van der Waals surface area contributed by atoms with Crippen molar-refractivity contribution in [3.8, 4) is 0 Å². The van der Waals surface area contributed by atoms with E-state index in [0.717, 1.165) is 57.1 Å². The van der Waals surface area contributed by atoms with E-state index in [9.17, 15) is 4.79 Å². The third-order valence-corrected chi connectivity index (χ3v) is 6.22. The van der Waals surface area contributed by atoms with E-state index in [4.69, 9.17) is 15.5 Å². The van der Waals surface area contributed by atoms with Crippen LogP contribution in [0.3, 0.4) is 0 Å². The van der Waals surface area contributed by atoms with Crippen molar-refractivity contribution in [1.82, 2.24) is 24.4 Å². The zero-order valence-corrected chi connectivity index (χ0v) is 18.5. The summed E-state index contributed by atoms with van der Waals surface area (Å²) in [4.78, 5) is 29.8. The van der Waals surface area contributed by atoms with E-state index in [0.29, 0.717) is 29.5 Å². The number of fused-ring (bicyclic) bond motifs is 1. The van der Waals surface area contributed by atoms with Crippen molar-refractivity contribution < 1.29 is 9.53 Å². The molecule has 3 N–H and O–H groups in total. The molecule has 33 heavy (non-hydrogen) atoms. The zero-order valence-electron chi connectivity index (χ0n) is 18.5. The number of morpholine rings is 1. The summed E-state index contributed by atoms with van der Waals surface area (Å²) in [5.74, 6) is 0.679. The molecule has 0 spiro atoms. The number of amides is 1. The molecule has 5 rings (SSSR count). The molecule has 1 atom stereocenters. The Hall–Kier alpha value is -3.66. The second kappa shape index (κ2) is 9.07. The Labute approximate surface area is 192 Å². The van der Waals surface area contributed by atoms with Gasteiger partial charge >= 0.3 is 0 Å². The molecular formula is C23H28N8O2. The van der Waals surface area contributed by atoms with Gasteiger partial charge < -0.3 is 30.2 Å². The SMILES string of the molecule is C=CC(=O)N1CCC[C@H](n2cnc3c(N)nc(Nc4ccc(N5CCOCC5)cc4)nc32)C1. The highest BCUT2D eigenvalue weighted by Crippen LogP contribution is 2.28. The third-order valence-electron chi connectivity index (χ3n) is 6.22. The average molecular weight is 449 g/mol. The number of rotatable bonds is 5. The van der Waals surface area contributed by atoms with Crippen molar-refractivity contribution in [3.05, 3.63) is 43.2 Å². The number of carbonyl (C=O) groups excluding carboxylic acids is 1. The second-order valence-electron chi connectivity index (χ2n) is 8.31. The summed E-state index contributed by atoms with van der Waals surface area (Å²) in [6, 6.07) is 8.24. The fraction of sp³-hybridized carbons (Fsp3) is 0.391. The predicted octanol–water partition coefficient (Wildman–Crippen LogP) is 2.34. The van der Waals surface area contributed by atoms with Crippen LogP contribution in [0.4, 0.5) is 23.1 Å². The fourth-order valence-electron chi connectivity index (χ4n) is 4.48. The highest BCUT2D eigenvalue weighted by Gasteiger charge is 2.26. The van der Waals surface area contributed by atoms with Crippen LogP contribution in [0.1, 0.15) is 18.9 Å². The van der Waals surface area contributed by atoms with Gasteiger partial charge in [-0.3, -0.25) is 4.79 Å². The number of anilines is 4. The lowest BCUT2D eigenvalue weighted by Crippen LogP contribution is -2.39. The second-order valence-corrected chi connectivity index (χ2v) is 8.31. The molecule has 0 aliphatic carbocycles. The van der Waals surface area contributed by atoms with E-state index in [-0.39, 0.29) is 11.9 Å². The lowest BCUT2D eigenvalue weighted by Gasteiger charge is -2.32. The summed E-state index contributed by atoms with van der Waals surface area (Å²) in [5.41, 5.74) is 9.47. The van der Waals surface area contributed by atoms with Crippen LogP contribution in [0.25, 0.3) is 11.2 Å². The maximum atomic E-state index is 12.1. The van der Waals surface area contributed by atoms with Gasteiger partial charge in [-0.05, 0) is 43.2 Å². The average Bonchev–Trinajstić information content (AvgIpc) is 3.29. The van der Waals surface area contributed by atoms with Gasteiger partial charge in [-0.15, -0.1) is 0 Å². The molecule has 0 bridgehead atoms. The Balaban J connectivity index is 1.37. The summed E-state index contributed by atoms with van der Waals surface area (Å²) in [5, 5.41) is 3.26. The van der Waals surface area contributed by atoms with Gasteiger partial charge in [-0.25, -0.2) is 4.98 Å². The van der Waals surface area contributed by atoms with E-state index in [1.807, 2.05) is 21.6 Å². The first-order chi connectivity index (χ1) is 16.1. The standard InChI is InChI=1S/C23H28N8O2/c1-2-19(32)30-9-3-4-18(14-30)31-15-25-20-21(24)27-23(28-22(20)31)26-16-5-7-17(8-6-16)29-10-12-33-13-11-29/h2,5-8,15,18H,1,3-4,9-14H2,(H3,24,26,27,28)/t18-/m0/s1. The van der Waals surface area contributed by atoms with Crippen LogP contribution in [-0.2, 0) is 9.53 Å². The summed E-state index contributed by atoms with van der Waals surface area (Å²) < 4.78 is 7.43. The van der Waals surface area contributed by atoms with Crippen molar-refractivity contribution in [1.29, 1.82) is 0 Å². The molecule has 0 saturated carbocycles. The number of imidazole rings is 1. The molecule has 2 fully saturated rings. The number of aromatic nitrogens is 4. The molecule has 4 heterocycles. The summed E-state index contributed by atoms with van der Waals surface area (Å²) in [6.07, 6.45) is 4.94. The Kier molecular flexibility index (Phi) is 5.82. The number of benzene rings is 1. The molecular weight excluding hydrogens is 420 g/mol. The van der Waals surface area contributed by atoms with Crippen LogP contribution in [0.5, 0.6) is 0 Å². The summed E-state index contributed by atoms with van der Waals surface area (Å²) >= 11 is 0. The van der Waals surface area contributed by atoms with E-state index in [1.165, 1.54) is 6.08 Å². The molecule has 2 aliphatic rings. The molecule has 172 valence electrons. The number of piperidine rings is 1. The number of nitrogens with one attached hydrogen (secondary N) is 1. The van der Waals surface area contributed by atoms with Crippen molar-refractivity contribution in [2.45, 2.75) is 18.9 Å². The Morgan fingerprint density at radius 3 is 2.73 bits per heavy atom. The molecule has 2 aromatic heterocycles. The Morgan fingerprint density at radius 2 is 1.97 bits per heavy atom. The van der Waals surface area contributed by atoms with E-state index in [2.05, 4.69) is 38.9 Å². The first-order valence-corrected chi connectivity index (χ1v) is 11.2. The third kappa shape index (κ3) is 4.34. The molecule has 2 aliphatic heterocycles. The topological polar surface area (TPSA) is 114 Å². The number of hydrogen-bond donors (Lipinski definition) is 2. The Bertz CT molecular complexity index is 1150. The number of nitrogen functional groups attached to an aromatic ring is 1. The van der Waals surface area contributed by atoms with Gasteiger partial charge in [-0.2, -0.15) is 9.97 Å². The predicted molar refractivity (Wildman–Crippen MR) is 128 cm³/mol. The molecule has 0 radical (unpaired) electrons. The molecule has 0 unspecified atom stereocenters. The number of hydrogen-bond acceptors (Lipinski definition) is 8. The maximum Gasteiger partial charge on any atom is 0.246 e. The number of carbonyl (C=O) groups is 1. The normalized spacial score (nSPS) is 19.0. The molecule has 10 heteroatoms. The summed E-state index contributed by atoms with van der Waals surface area (Å²) in [7, 11) is 0. The Morgan fingerprint density at radius 1 is 1.18 bits per heavy atom. The van der Waals surface area contributed by atoms with Gasteiger partial charge in [0.1, 0.15) is 5.52 Å². The van der Waals surface area contributed by atoms with Crippen molar-refractivity contribution >= 4 is 40.2 Å². The lowest BCUT2D eigenvalue weighted by atomic mass is 10.1. The van der Waals surface area contributed by atoms with Crippen LogP contribution < -0.4 is 16.0 Å². The highest BCUT2D eigenvalue weighted by atomic mass is 16.5. The first-order valence-electron chi connectivity index (χ1n) is 11.2. The van der Waals surface area contributed by atoms with Gasteiger partial charge in [0.2, 0.25) is 11.9 Å². The van der Waals surface area contributed by atoms with Crippen LogP contribution in [-0.4, -0.2) is 69.7 Å². The van der Waals surface area contributed by atoms with Crippen LogP contribution >= 0.6 is 0 Å². The zero-order chi connectivity index (χ0) is 22.8. The monoisotopic (exact) mass is 448 g/mol. The van der Waals surface area contributed by atoms with Crippen LogP contribution in [0.15, 0.2) is 43.2 Å². The van der Waals surface area contributed by atoms with Crippen LogP contribution in [0, 0.1) is 0 Å². The van der Waals surface area contributed by atoms with Gasteiger partial charge in [0.15, 0.2) is 11.5 Å². The van der Waals surface area contributed by atoms with E-state index >= 15 is 0 Å². The summed E-state index contributed by atoms with van der Waals surface area (Å²) in [6.45, 7) is 8.22. The van der Waals surface area contributed by atoms with Crippen molar-refractivity contribution in [2.75, 3.05) is 55.3 Å². The largest absolute Gasteiger partial charge is 0.382 e. The minimum atomic E-state index is -0.0545. The molecule has 2 saturated heterocycles. The van der Waals surface area contributed by atoms with E-state index < -0.39 is 0 Å². The molecule has 1 amide bonds. The quantitative estimate of drug-likeness (QED) is 0.572. The van der Waals surface area contributed by atoms with Crippen molar-refractivity contribution in [3.63, 3.8) is 0 Å². The fourth-order valence-corrected chi connectivity index (χ4v) is 4.48. The molecule has 1 aromatic carbocycles. The van der Waals surface area contributed by atoms with Gasteiger partial charge in [0.25, 0.3) is 0 Å². The van der Waals surface area contributed by atoms with E-state index in [1.54, 1.807) is 6.33 Å². The number of nitrogens with zero attached hydrogens (tertiary/aromatic N) is 6. The van der Waals surface area contributed by atoms with Gasteiger partial charge in [-0.1, -0.05) is 6.58 Å². The minimum absolute atomic E-state index is 0.0545. The highest BCUT2D eigenvalue weighted by molar-refractivity contribution is 5.87. The number of nitrogens with two attached hydrogens (primary N) is 1.